The topological polar surface area (TPSA) is 29.5 Å². The Morgan fingerprint density at radius 2 is 1.88 bits per heavy atom. The molecule has 3 nitrogen and oxygen atoms in total. The summed E-state index contributed by atoms with van der Waals surface area (Å²) >= 11 is 0. The van der Waals surface area contributed by atoms with Gasteiger partial charge in [0.2, 0.25) is 0 Å². The number of carbonyl (C=O) groups excluding carboxylic acids is 1. The molecular formula is C22H23NO2. The number of esters is 1. The molecule has 2 bridgehead atoms. The van der Waals surface area contributed by atoms with Gasteiger partial charge in [-0.2, -0.15) is 0 Å². The minimum atomic E-state index is -0.0609. The third kappa shape index (κ3) is 2.45. The van der Waals surface area contributed by atoms with Crippen LogP contribution < -0.4 is 4.90 Å². The van der Waals surface area contributed by atoms with Crippen LogP contribution >= 0.6 is 0 Å². The molecule has 0 N–H and O–H groups in total. The van der Waals surface area contributed by atoms with Crippen LogP contribution in [0, 0.1) is 0 Å². The molecule has 0 fully saturated rings. The van der Waals surface area contributed by atoms with Crippen molar-refractivity contribution in [2.45, 2.75) is 44.1 Å². The Kier molecular flexibility index (Phi) is 3.54. The van der Waals surface area contributed by atoms with Gasteiger partial charge >= 0.3 is 5.97 Å². The number of para-hydroxylation sites is 1. The summed E-state index contributed by atoms with van der Waals surface area (Å²) in [6.45, 7) is 1.42. The number of hydrogen-bond acceptors (Lipinski definition) is 3. The quantitative estimate of drug-likeness (QED) is 0.678. The lowest BCUT2D eigenvalue weighted by atomic mass is 9.72. The molecule has 0 saturated carbocycles. The SMILES string of the molecule is O=C1CCCN2c3ccccc3[C@H]3Cc4cccc(c4[C@@H]2C3)CCO1. The minimum Gasteiger partial charge on any atom is -0.465 e. The van der Waals surface area contributed by atoms with Gasteiger partial charge in [0.25, 0.3) is 0 Å². The van der Waals surface area contributed by atoms with Crippen molar-refractivity contribution in [2.75, 3.05) is 18.1 Å². The van der Waals surface area contributed by atoms with E-state index in [0.29, 0.717) is 25.0 Å². The molecule has 1 aliphatic carbocycles. The van der Waals surface area contributed by atoms with Gasteiger partial charge in [-0.25, -0.2) is 0 Å². The van der Waals surface area contributed by atoms with E-state index in [1.807, 2.05) is 0 Å². The predicted octanol–water partition coefficient (Wildman–Crippen LogP) is 4.16. The lowest BCUT2D eigenvalue weighted by Gasteiger charge is -2.47. The van der Waals surface area contributed by atoms with Crippen LogP contribution in [0.2, 0.25) is 0 Å². The standard InChI is InChI=1S/C22H23NO2/c24-21-9-4-11-23-19-8-2-1-7-18(19)17-13-16-6-3-5-15(10-12-25-21)22(16)20(23)14-17/h1-3,5-8,17,20H,4,9-14H2/t17-,20-/m0/s1. The summed E-state index contributed by atoms with van der Waals surface area (Å²) in [5.41, 5.74) is 7.21. The van der Waals surface area contributed by atoms with Gasteiger partial charge in [0.1, 0.15) is 0 Å². The zero-order chi connectivity index (χ0) is 16.8. The second kappa shape index (κ2) is 5.91. The van der Waals surface area contributed by atoms with Crippen molar-refractivity contribution < 1.29 is 9.53 Å². The molecule has 2 heterocycles. The van der Waals surface area contributed by atoms with E-state index in [2.05, 4.69) is 47.4 Å². The maximum Gasteiger partial charge on any atom is 0.305 e. The summed E-state index contributed by atoms with van der Waals surface area (Å²) in [5, 5.41) is 0. The summed E-state index contributed by atoms with van der Waals surface area (Å²) in [5.74, 6) is 0.553. The van der Waals surface area contributed by atoms with Crippen molar-refractivity contribution >= 4 is 11.7 Å². The van der Waals surface area contributed by atoms with Gasteiger partial charge < -0.3 is 9.64 Å². The molecule has 0 aromatic heterocycles. The fourth-order valence-electron chi connectivity index (χ4n) is 5.03. The van der Waals surface area contributed by atoms with Crippen LogP contribution in [-0.2, 0) is 22.4 Å². The van der Waals surface area contributed by atoms with Crippen molar-refractivity contribution in [1.82, 2.24) is 0 Å². The molecule has 0 unspecified atom stereocenters. The number of nitrogens with zero attached hydrogens (tertiary/aromatic N) is 1. The number of hydrogen-bond donors (Lipinski definition) is 0. The van der Waals surface area contributed by atoms with Crippen molar-refractivity contribution in [1.29, 1.82) is 0 Å². The van der Waals surface area contributed by atoms with Crippen LogP contribution in [0.3, 0.4) is 0 Å². The first-order valence-corrected chi connectivity index (χ1v) is 9.43. The summed E-state index contributed by atoms with van der Waals surface area (Å²) in [6.07, 6.45) is 4.51. The van der Waals surface area contributed by atoms with Gasteiger partial charge in [0.15, 0.2) is 0 Å². The summed E-state index contributed by atoms with van der Waals surface area (Å²) in [7, 11) is 0. The molecule has 2 atom stereocenters. The third-order valence-corrected chi connectivity index (χ3v) is 6.07. The van der Waals surface area contributed by atoms with Crippen LogP contribution in [-0.4, -0.2) is 19.1 Å². The number of rotatable bonds is 0. The molecule has 0 spiro atoms. The molecule has 25 heavy (non-hydrogen) atoms. The molecule has 5 rings (SSSR count). The Balaban J connectivity index is 1.67. The number of fused-ring (bicyclic) bond motifs is 4. The molecule has 2 aromatic carbocycles. The van der Waals surface area contributed by atoms with Gasteiger partial charge in [0, 0.05) is 25.1 Å². The molecule has 3 aliphatic rings. The Morgan fingerprint density at radius 3 is 2.84 bits per heavy atom. The Hall–Kier alpha value is -2.29. The van der Waals surface area contributed by atoms with Crippen LogP contribution in [0.1, 0.15) is 53.5 Å². The number of anilines is 1. The Labute approximate surface area is 148 Å². The van der Waals surface area contributed by atoms with E-state index in [4.69, 9.17) is 4.74 Å². The van der Waals surface area contributed by atoms with Gasteiger partial charge in [0.05, 0.1) is 12.6 Å². The molecule has 0 saturated heterocycles. The minimum absolute atomic E-state index is 0.0609. The Bertz CT molecular complexity index is 829. The molecule has 128 valence electrons. The van der Waals surface area contributed by atoms with Crippen molar-refractivity contribution in [3.8, 4) is 0 Å². The monoisotopic (exact) mass is 333 g/mol. The smallest absolute Gasteiger partial charge is 0.305 e. The van der Waals surface area contributed by atoms with E-state index in [1.54, 1.807) is 0 Å². The zero-order valence-corrected chi connectivity index (χ0v) is 14.4. The van der Waals surface area contributed by atoms with Crippen LogP contribution in [0.15, 0.2) is 42.5 Å². The zero-order valence-electron chi connectivity index (χ0n) is 14.4. The maximum absolute atomic E-state index is 12.0. The molecular weight excluding hydrogens is 310 g/mol. The average Bonchev–Trinajstić information content (AvgIpc) is 2.67. The van der Waals surface area contributed by atoms with Crippen LogP contribution in [0.25, 0.3) is 0 Å². The first-order valence-electron chi connectivity index (χ1n) is 9.43. The lowest BCUT2D eigenvalue weighted by molar-refractivity contribution is -0.143. The van der Waals surface area contributed by atoms with Crippen molar-refractivity contribution in [2.24, 2.45) is 0 Å². The summed E-state index contributed by atoms with van der Waals surface area (Å²) in [6, 6.07) is 16.0. The highest BCUT2D eigenvalue weighted by molar-refractivity contribution is 5.69. The van der Waals surface area contributed by atoms with E-state index in [1.165, 1.54) is 34.4 Å². The second-order valence-electron chi connectivity index (χ2n) is 7.47. The van der Waals surface area contributed by atoms with E-state index < -0.39 is 0 Å². The molecule has 3 heteroatoms. The largest absolute Gasteiger partial charge is 0.465 e. The van der Waals surface area contributed by atoms with E-state index >= 15 is 0 Å². The van der Waals surface area contributed by atoms with E-state index in [0.717, 1.165) is 25.8 Å². The fourth-order valence-corrected chi connectivity index (χ4v) is 5.03. The van der Waals surface area contributed by atoms with Gasteiger partial charge in [-0.15, -0.1) is 0 Å². The summed E-state index contributed by atoms with van der Waals surface area (Å²) in [4.78, 5) is 14.5. The van der Waals surface area contributed by atoms with Crippen molar-refractivity contribution in [3.05, 3.63) is 64.7 Å². The number of benzene rings is 2. The highest BCUT2D eigenvalue weighted by atomic mass is 16.5. The first kappa shape index (κ1) is 15.0. The van der Waals surface area contributed by atoms with Crippen LogP contribution in [0.5, 0.6) is 0 Å². The number of ether oxygens (including phenoxy) is 1. The van der Waals surface area contributed by atoms with Gasteiger partial charge in [-0.1, -0.05) is 36.4 Å². The second-order valence-corrected chi connectivity index (χ2v) is 7.47. The van der Waals surface area contributed by atoms with E-state index in [-0.39, 0.29) is 5.97 Å². The van der Waals surface area contributed by atoms with Crippen LogP contribution in [0.4, 0.5) is 5.69 Å². The first-order chi connectivity index (χ1) is 12.3. The van der Waals surface area contributed by atoms with Gasteiger partial charge in [-0.3, -0.25) is 4.79 Å². The lowest BCUT2D eigenvalue weighted by Crippen LogP contribution is -2.39. The number of carbonyl (C=O) groups is 1. The highest BCUT2D eigenvalue weighted by Crippen LogP contribution is 2.51. The molecule has 2 aliphatic heterocycles. The molecule has 0 radical (unpaired) electrons. The fraction of sp³-hybridized carbons (Fsp3) is 0.409. The van der Waals surface area contributed by atoms with Crippen molar-refractivity contribution in [3.63, 3.8) is 0 Å². The summed E-state index contributed by atoms with van der Waals surface area (Å²) < 4.78 is 5.45. The highest BCUT2D eigenvalue weighted by Gasteiger charge is 2.39. The predicted molar refractivity (Wildman–Crippen MR) is 97.9 cm³/mol. The molecule has 2 aromatic rings. The average molecular weight is 333 g/mol. The normalized spacial score (nSPS) is 24.8. The third-order valence-electron chi connectivity index (χ3n) is 6.07. The van der Waals surface area contributed by atoms with Gasteiger partial charge in [-0.05, 0) is 53.5 Å². The Morgan fingerprint density at radius 1 is 1.00 bits per heavy atom. The van der Waals surface area contributed by atoms with E-state index in [9.17, 15) is 4.79 Å². The molecule has 0 amide bonds. The maximum atomic E-state index is 12.0. The number of cyclic esters (lactones) is 1.